The minimum absolute atomic E-state index is 0.0848. The van der Waals surface area contributed by atoms with Gasteiger partial charge in [0.1, 0.15) is 0 Å². The molecule has 2 aliphatic heterocycles. The molecule has 2 aliphatic rings. The zero-order chi connectivity index (χ0) is 15.2. The number of nitrogens with zero attached hydrogens (tertiary/aromatic N) is 2. The Morgan fingerprint density at radius 1 is 1.10 bits per heavy atom. The van der Waals surface area contributed by atoms with Crippen molar-refractivity contribution in [2.24, 2.45) is 5.92 Å². The summed E-state index contributed by atoms with van der Waals surface area (Å²) in [6, 6.07) is 0.124. The standard InChI is InChI=1S/C15H27N3O3/c1-3-14(19)17-6-5-7-18(9-8-17)15(20)12-10-21-11-13(12)16-4-2/h12-13,16H,3-11H2,1-2H3. The molecule has 6 heteroatoms. The summed E-state index contributed by atoms with van der Waals surface area (Å²) in [4.78, 5) is 28.3. The Labute approximate surface area is 126 Å². The molecule has 6 nitrogen and oxygen atoms in total. The third-order valence-corrected chi connectivity index (χ3v) is 4.33. The number of hydrogen-bond acceptors (Lipinski definition) is 4. The number of carbonyl (C=O) groups is 2. The summed E-state index contributed by atoms with van der Waals surface area (Å²) < 4.78 is 5.47. The van der Waals surface area contributed by atoms with Crippen LogP contribution in [0.3, 0.4) is 0 Å². The van der Waals surface area contributed by atoms with Crippen LogP contribution in [0.25, 0.3) is 0 Å². The molecule has 1 N–H and O–H groups in total. The van der Waals surface area contributed by atoms with Gasteiger partial charge in [-0.2, -0.15) is 0 Å². The van der Waals surface area contributed by atoms with E-state index in [2.05, 4.69) is 5.32 Å². The fourth-order valence-electron chi connectivity index (χ4n) is 3.11. The molecule has 2 heterocycles. The third-order valence-electron chi connectivity index (χ3n) is 4.33. The van der Waals surface area contributed by atoms with E-state index < -0.39 is 0 Å². The average molecular weight is 297 g/mol. The summed E-state index contributed by atoms with van der Waals surface area (Å²) in [7, 11) is 0. The monoisotopic (exact) mass is 297 g/mol. The molecule has 0 radical (unpaired) electrons. The van der Waals surface area contributed by atoms with Gasteiger partial charge in [-0.3, -0.25) is 9.59 Å². The molecule has 2 atom stereocenters. The Balaban J connectivity index is 1.92. The lowest BCUT2D eigenvalue weighted by molar-refractivity contribution is -0.136. The highest BCUT2D eigenvalue weighted by atomic mass is 16.5. The van der Waals surface area contributed by atoms with Crippen molar-refractivity contribution < 1.29 is 14.3 Å². The predicted molar refractivity (Wildman–Crippen MR) is 79.8 cm³/mol. The molecule has 0 bridgehead atoms. The van der Waals surface area contributed by atoms with E-state index in [4.69, 9.17) is 4.74 Å². The number of amides is 2. The van der Waals surface area contributed by atoms with Crippen LogP contribution in [0.1, 0.15) is 26.7 Å². The summed E-state index contributed by atoms with van der Waals surface area (Å²) >= 11 is 0. The largest absolute Gasteiger partial charge is 0.379 e. The summed E-state index contributed by atoms with van der Waals surface area (Å²) in [5.41, 5.74) is 0. The number of ether oxygens (including phenoxy) is 1. The van der Waals surface area contributed by atoms with Gasteiger partial charge in [-0.15, -0.1) is 0 Å². The number of hydrogen-bond donors (Lipinski definition) is 1. The van der Waals surface area contributed by atoms with Crippen molar-refractivity contribution >= 4 is 11.8 Å². The second-order valence-corrected chi connectivity index (χ2v) is 5.72. The van der Waals surface area contributed by atoms with E-state index in [1.54, 1.807) is 0 Å². The fourth-order valence-corrected chi connectivity index (χ4v) is 3.11. The maximum atomic E-state index is 12.7. The number of nitrogens with one attached hydrogen (secondary N) is 1. The quantitative estimate of drug-likeness (QED) is 0.798. The van der Waals surface area contributed by atoms with E-state index >= 15 is 0 Å². The molecule has 2 unspecified atom stereocenters. The van der Waals surface area contributed by atoms with Gasteiger partial charge in [-0.1, -0.05) is 13.8 Å². The molecule has 0 aromatic carbocycles. The smallest absolute Gasteiger partial charge is 0.229 e. The molecule has 120 valence electrons. The zero-order valence-corrected chi connectivity index (χ0v) is 13.1. The maximum absolute atomic E-state index is 12.7. The van der Waals surface area contributed by atoms with Crippen LogP contribution in [0.2, 0.25) is 0 Å². The van der Waals surface area contributed by atoms with Crippen molar-refractivity contribution in [2.45, 2.75) is 32.7 Å². The Hall–Kier alpha value is -1.14. The van der Waals surface area contributed by atoms with Crippen LogP contribution >= 0.6 is 0 Å². The molecule has 0 spiro atoms. The first-order valence-corrected chi connectivity index (χ1v) is 8.05. The second-order valence-electron chi connectivity index (χ2n) is 5.72. The first-order chi connectivity index (χ1) is 10.2. The molecule has 2 amide bonds. The Kier molecular flexibility index (Phi) is 5.99. The van der Waals surface area contributed by atoms with Gasteiger partial charge < -0.3 is 19.9 Å². The lowest BCUT2D eigenvalue weighted by Crippen LogP contribution is -2.47. The van der Waals surface area contributed by atoms with E-state index in [-0.39, 0.29) is 23.8 Å². The van der Waals surface area contributed by atoms with Crippen molar-refractivity contribution in [2.75, 3.05) is 45.9 Å². The van der Waals surface area contributed by atoms with E-state index in [0.29, 0.717) is 32.7 Å². The van der Waals surface area contributed by atoms with E-state index in [0.717, 1.165) is 26.1 Å². The van der Waals surface area contributed by atoms with Crippen molar-refractivity contribution in [3.05, 3.63) is 0 Å². The molecular formula is C15H27N3O3. The molecule has 0 aromatic heterocycles. The van der Waals surface area contributed by atoms with Gasteiger partial charge in [0.05, 0.1) is 19.1 Å². The second kappa shape index (κ2) is 7.75. The maximum Gasteiger partial charge on any atom is 0.229 e. The van der Waals surface area contributed by atoms with Gasteiger partial charge in [-0.05, 0) is 13.0 Å². The zero-order valence-electron chi connectivity index (χ0n) is 13.1. The average Bonchev–Trinajstić information content (AvgIpc) is 2.81. The predicted octanol–water partition coefficient (Wildman–Crippen LogP) is 0.0818. The summed E-state index contributed by atoms with van der Waals surface area (Å²) in [5.74, 6) is 0.265. The normalized spacial score (nSPS) is 26.8. The Morgan fingerprint density at radius 3 is 2.52 bits per heavy atom. The van der Waals surface area contributed by atoms with Gasteiger partial charge in [0.15, 0.2) is 0 Å². The summed E-state index contributed by atoms with van der Waals surface area (Å²) in [6.45, 7) is 8.67. The van der Waals surface area contributed by atoms with Crippen molar-refractivity contribution in [3.63, 3.8) is 0 Å². The van der Waals surface area contributed by atoms with E-state index in [9.17, 15) is 9.59 Å². The van der Waals surface area contributed by atoms with Crippen molar-refractivity contribution in [1.29, 1.82) is 0 Å². The van der Waals surface area contributed by atoms with Crippen LogP contribution in [-0.2, 0) is 14.3 Å². The highest BCUT2D eigenvalue weighted by Crippen LogP contribution is 2.18. The molecule has 2 rings (SSSR count). The van der Waals surface area contributed by atoms with Crippen LogP contribution < -0.4 is 5.32 Å². The van der Waals surface area contributed by atoms with Crippen LogP contribution in [0.15, 0.2) is 0 Å². The molecular weight excluding hydrogens is 270 g/mol. The van der Waals surface area contributed by atoms with E-state index in [1.807, 2.05) is 23.6 Å². The SMILES string of the molecule is CCNC1COCC1C(=O)N1CCCN(C(=O)CC)CC1. The minimum Gasteiger partial charge on any atom is -0.379 e. The van der Waals surface area contributed by atoms with Gasteiger partial charge in [0.2, 0.25) is 11.8 Å². The lowest BCUT2D eigenvalue weighted by atomic mass is 10.0. The highest BCUT2D eigenvalue weighted by Gasteiger charge is 2.36. The molecule has 21 heavy (non-hydrogen) atoms. The third kappa shape index (κ3) is 3.95. The summed E-state index contributed by atoms with van der Waals surface area (Å²) in [5, 5.41) is 3.33. The summed E-state index contributed by atoms with van der Waals surface area (Å²) in [6.07, 6.45) is 1.39. The number of likely N-dealkylation sites (N-methyl/N-ethyl adjacent to an activating group) is 1. The Bertz CT molecular complexity index is 375. The molecule has 2 saturated heterocycles. The van der Waals surface area contributed by atoms with Gasteiger partial charge in [0.25, 0.3) is 0 Å². The van der Waals surface area contributed by atoms with Crippen LogP contribution in [0.4, 0.5) is 0 Å². The molecule has 0 saturated carbocycles. The first kappa shape index (κ1) is 16.2. The Morgan fingerprint density at radius 2 is 1.81 bits per heavy atom. The highest BCUT2D eigenvalue weighted by molar-refractivity contribution is 5.80. The molecule has 0 aliphatic carbocycles. The molecule has 2 fully saturated rings. The number of carbonyl (C=O) groups excluding carboxylic acids is 2. The van der Waals surface area contributed by atoms with Crippen molar-refractivity contribution in [1.82, 2.24) is 15.1 Å². The number of rotatable bonds is 4. The van der Waals surface area contributed by atoms with Crippen LogP contribution in [0, 0.1) is 5.92 Å². The van der Waals surface area contributed by atoms with Gasteiger partial charge in [0, 0.05) is 38.6 Å². The topological polar surface area (TPSA) is 61.9 Å². The van der Waals surface area contributed by atoms with Gasteiger partial charge in [-0.25, -0.2) is 0 Å². The molecule has 0 aromatic rings. The van der Waals surface area contributed by atoms with Crippen molar-refractivity contribution in [3.8, 4) is 0 Å². The van der Waals surface area contributed by atoms with Gasteiger partial charge >= 0.3 is 0 Å². The first-order valence-electron chi connectivity index (χ1n) is 8.05. The van der Waals surface area contributed by atoms with Crippen LogP contribution in [0.5, 0.6) is 0 Å². The van der Waals surface area contributed by atoms with Crippen LogP contribution in [-0.4, -0.2) is 73.6 Å². The van der Waals surface area contributed by atoms with E-state index in [1.165, 1.54) is 0 Å². The minimum atomic E-state index is -0.0848. The lowest BCUT2D eigenvalue weighted by Gasteiger charge is -2.26. The fraction of sp³-hybridized carbons (Fsp3) is 0.867.